The fourth-order valence-corrected chi connectivity index (χ4v) is 4.16. The maximum absolute atomic E-state index is 12.4. The molecule has 1 heterocycles. The molecule has 0 aromatic heterocycles. The Morgan fingerprint density at radius 1 is 0.971 bits per heavy atom. The van der Waals surface area contributed by atoms with E-state index in [1.165, 1.54) is 0 Å². The molecule has 7 heteroatoms. The summed E-state index contributed by atoms with van der Waals surface area (Å²) in [6.07, 6.45) is 1.73. The molecule has 1 N–H and O–H groups in total. The number of hydrogen-bond acceptors (Lipinski definition) is 6. The van der Waals surface area contributed by atoms with E-state index >= 15 is 0 Å². The third-order valence-electron chi connectivity index (χ3n) is 6.23. The molecular weight excluding hydrogens is 434 g/mol. The Hall–Kier alpha value is -2.57. The average Bonchev–Trinajstić information content (AvgIpc) is 2.75. The van der Waals surface area contributed by atoms with Crippen LogP contribution in [0.1, 0.15) is 84.4 Å². The number of phenolic OH excluding ortho intramolecular Hbond substituents is 1. The van der Waals surface area contributed by atoms with E-state index in [9.17, 15) is 19.5 Å². The number of phenols is 1. The van der Waals surface area contributed by atoms with E-state index in [0.717, 1.165) is 16.7 Å². The van der Waals surface area contributed by atoms with Crippen molar-refractivity contribution in [2.45, 2.75) is 85.0 Å². The van der Waals surface area contributed by atoms with Crippen molar-refractivity contribution in [3.05, 3.63) is 28.8 Å². The SMILES string of the molecule is CCOC(=O)C1CCN(C(=O)COC(=O)CCc2cc(C(C)(C)C)c(O)c(C(C)(C)C)c2)CC1. The second-order valence-corrected chi connectivity index (χ2v) is 11.1. The molecule has 1 aliphatic rings. The molecule has 0 radical (unpaired) electrons. The third kappa shape index (κ3) is 7.47. The number of rotatable bonds is 7. The molecule has 1 fully saturated rings. The maximum Gasteiger partial charge on any atom is 0.309 e. The van der Waals surface area contributed by atoms with Gasteiger partial charge in [0.05, 0.1) is 12.5 Å². The van der Waals surface area contributed by atoms with Crippen molar-refractivity contribution < 1.29 is 29.0 Å². The minimum atomic E-state index is -0.433. The number of aromatic hydroxyl groups is 1. The zero-order chi connectivity index (χ0) is 25.7. The minimum absolute atomic E-state index is 0.149. The molecule has 0 spiro atoms. The fourth-order valence-electron chi connectivity index (χ4n) is 4.16. The van der Waals surface area contributed by atoms with Gasteiger partial charge in [0, 0.05) is 19.5 Å². The lowest BCUT2D eigenvalue weighted by molar-refractivity contribution is -0.154. The number of carbonyl (C=O) groups excluding carboxylic acids is 3. The van der Waals surface area contributed by atoms with Crippen molar-refractivity contribution in [1.82, 2.24) is 4.90 Å². The maximum atomic E-state index is 12.4. The van der Waals surface area contributed by atoms with Crippen LogP contribution in [-0.2, 0) is 41.1 Å². The monoisotopic (exact) mass is 475 g/mol. The highest BCUT2D eigenvalue weighted by Crippen LogP contribution is 2.40. The molecule has 1 aromatic carbocycles. The van der Waals surface area contributed by atoms with Gasteiger partial charge >= 0.3 is 11.9 Å². The van der Waals surface area contributed by atoms with E-state index in [4.69, 9.17) is 9.47 Å². The smallest absolute Gasteiger partial charge is 0.309 e. The van der Waals surface area contributed by atoms with Crippen LogP contribution in [0, 0.1) is 5.92 Å². The largest absolute Gasteiger partial charge is 0.507 e. The number of benzene rings is 1. The van der Waals surface area contributed by atoms with Crippen molar-refractivity contribution in [2.24, 2.45) is 5.92 Å². The lowest BCUT2D eigenvalue weighted by atomic mass is 9.78. The normalized spacial score (nSPS) is 15.2. The summed E-state index contributed by atoms with van der Waals surface area (Å²) in [7, 11) is 0. The summed E-state index contributed by atoms with van der Waals surface area (Å²) in [6.45, 7) is 15.0. The molecule has 1 amide bonds. The topological polar surface area (TPSA) is 93.1 Å². The van der Waals surface area contributed by atoms with Gasteiger partial charge < -0.3 is 19.5 Å². The van der Waals surface area contributed by atoms with E-state index in [-0.39, 0.29) is 41.7 Å². The van der Waals surface area contributed by atoms with Crippen LogP contribution in [0.25, 0.3) is 0 Å². The van der Waals surface area contributed by atoms with Gasteiger partial charge in [0.1, 0.15) is 5.75 Å². The lowest BCUT2D eigenvalue weighted by Gasteiger charge is -2.30. The number of aryl methyl sites for hydroxylation is 1. The summed E-state index contributed by atoms with van der Waals surface area (Å²) in [5.74, 6) is -0.751. The Kier molecular flexibility index (Phi) is 9.15. The van der Waals surface area contributed by atoms with Crippen LogP contribution in [0.2, 0.25) is 0 Å². The minimum Gasteiger partial charge on any atom is -0.507 e. The van der Waals surface area contributed by atoms with Gasteiger partial charge in [-0.25, -0.2) is 0 Å². The first-order valence-electron chi connectivity index (χ1n) is 12.2. The molecule has 0 bridgehead atoms. The number of carbonyl (C=O) groups is 3. The first kappa shape index (κ1) is 27.7. The number of nitrogens with zero attached hydrogens (tertiary/aromatic N) is 1. The number of piperidine rings is 1. The van der Waals surface area contributed by atoms with Crippen molar-refractivity contribution in [2.75, 3.05) is 26.3 Å². The summed E-state index contributed by atoms with van der Waals surface area (Å²) in [5.41, 5.74) is 2.17. The Labute approximate surface area is 203 Å². The van der Waals surface area contributed by atoms with Crippen LogP contribution in [0.5, 0.6) is 5.75 Å². The Bertz CT molecular complexity index is 850. The van der Waals surface area contributed by atoms with Crippen molar-refractivity contribution in [1.29, 1.82) is 0 Å². The number of likely N-dealkylation sites (tertiary alicyclic amines) is 1. The van der Waals surface area contributed by atoms with Crippen LogP contribution in [0.4, 0.5) is 0 Å². The van der Waals surface area contributed by atoms with E-state index in [0.29, 0.717) is 44.7 Å². The third-order valence-corrected chi connectivity index (χ3v) is 6.23. The highest BCUT2D eigenvalue weighted by atomic mass is 16.5. The Balaban J connectivity index is 1.91. The quantitative estimate of drug-likeness (QED) is 0.592. The van der Waals surface area contributed by atoms with Gasteiger partial charge in [-0.05, 0) is 53.7 Å². The summed E-state index contributed by atoms with van der Waals surface area (Å²) < 4.78 is 10.3. The Morgan fingerprint density at radius 2 is 1.50 bits per heavy atom. The number of esters is 2. The zero-order valence-electron chi connectivity index (χ0n) is 21.8. The summed E-state index contributed by atoms with van der Waals surface area (Å²) in [6, 6.07) is 3.91. The molecule has 190 valence electrons. The molecule has 0 saturated carbocycles. The van der Waals surface area contributed by atoms with Crippen molar-refractivity contribution in [3.63, 3.8) is 0 Å². The molecule has 1 aliphatic heterocycles. The highest BCUT2D eigenvalue weighted by molar-refractivity contribution is 5.81. The van der Waals surface area contributed by atoms with Gasteiger partial charge in [-0.2, -0.15) is 0 Å². The lowest BCUT2D eigenvalue weighted by Crippen LogP contribution is -2.42. The van der Waals surface area contributed by atoms with Crippen LogP contribution >= 0.6 is 0 Å². The summed E-state index contributed by atoms with van der Waals surface area (Å²) >= 11 is 0. The molecule has 0 unspecified atom stereocenters. The van der Waals surface area contributed by atoms with Gasteiger partial charge in [0.25, 0.3) is 5.91 Å². The van der Waals surface area contributed by atoms with Gasteiger partial charge in [0.2, 0.25) is 0 Å². The molecule has 1 saturated heterocycles. The molecule has 0 atom stereocenters. The summed E-state index contributed by atoms with van der Waals surface area (Å²) in [5, 5.41) is 10.8. The van der Waals surface area contributed by atoms with Gasteiger partial charge in [-0.1, -0.05) is 53.7 Å². The van der Waals surface area contributed by atoms with Crippen molar-refractivity contribution >= 4 is 17.8 Å². The van der Waals surface area contributed by atoms with Crippen molar-refractivity contribution in [3.8, 4) is 5.75 Å². The van der Waals surface area contributed by atoms with Gasteiger partial charge in [-0.3, -0.25) is 14.4 Å². The fraction of sp³-hybridized carbons (Fsp3) is 0.667. The number of ether oxygens (including phenoxy) is 2. The molecule has 34 heavy (non-hydrogen) atoms. The first-order chi connectivity index (χ1) is 15.7. The van der Waals surface area contributed by atoms with Gasteiger partial charge in [-0.15, -0.1) is 0 Å². The predicted molar refractivity (Wildman–Crippen MR) is 131 cm³/mol. The summed E-state index contributed by atoms with van der Waals surface area (Å²) in [4.78, 5) is 38.2. The second-order valence-electron chi connectivity index (χ2n) is 11.1. The standard InChI is InChI=1S/C27H41NO6/c1-8-33-25(32)19-11-13-28(14-12-19)22(29)17-34-23(30)10-9-18-15-20(26(2,3)4)24(31)21(16-18)27(5,6)7/h15-16,19,31H,8-14,17H2,1-7H3. The van der Waals surface area contributed by atoms with Crippen LogP contribution in [-0.4, -0.2) is 54.2 Å². The number of amides is 1. The predicted octanol–water partition coefficient (Wildman–Crippen LogP) is 4.26. The van der Waals surface area contributed by atoms with Gasteiger partial charge in [0.15, 0.2) is 6.61 Å². The highest BCUT2D eigenvalue weighted by Gasteiger charge is 2.29. The van der Waals surface area contributed by atoms with E-state index in [2.05, 4.69) is 0 Å². The van der Waals surface area contributed by atoms with E-state index < -0.39 is 5.97 Å². The number of hydrogen-bond donors (Lipinski definition) is 1. The molecule has 2 rings (SSSR count). The molecule has 7 nitrogen and oxygen atoms in total. The van der Waals surface area contributed by atoms with E-state index in [1.807, 2.05) is 53.7 Å². The second kappa shape index (κ2) is 11.2. The zero-order valence-corrected chi connectivity index (χ0v) is 21.8. The van der Waals surface area contributed by atoms with E-state index in [1.54, 1.807) is 11.8 Å². The molecular formula is C27H41NO6. The molecule has 1 aromatic rings. The Morgan fingerprint density at radius 3 is 1.97 bits per heavy atom. The average molecular weight is 476 g/mol. The van der Waals surface area contributed by atoms with Crippen LogP contribution < -0.4 is 0 Å². The van der Waals surface area contributed by atoms with Crippen LogP contribution in [0.15, 0.2) is 12.1 Å². The molecule has 0 aliphatic carbocycles. The van der Waals surface area contributed by atoms with Crippen LogP contribution in [0.3, 0.4) is 0 Å². The first-order valence-corrected chi connectivity index (χ1v) is 12.2.